The van der Waals surface area contributed by atoms with Crippen LogP contribution in [0.2, 0.25) is 0 Å². The zero-order valence-electron chi connectivity index (χ0n) is 14.4. The maximum Gasteiger partial charge on any atom is 0.0712 e. The molecule has 0 aliphatic carbocycles. The third-order valence-electron chi connectivity index (χ3n) is 3.43. The van der Waals surface area contributed by atoms with Gasteiger partial charge in [0.25, 0.3) is 0 Å². The molecule has 0 aromatic carbocycles. The highest BCUT2D eigenvalue weighted by Gasteiger charge is 2.13. The normalized spacial score (nSPS) is 11.9. The van der Waals surface area contributed by atoms with Crippen LogP contribution >= 0.6 is 0 Å². The molecular weight excluding hydrogens is 264 g/mol. The Kier molecular flexibility index (Phi) is 7.71. The standard InChI is InChI=1S/C15H30N6/c1-19(2)10-7-13-14(8-11-20(3)4)16-18-17-15(13)9-12-21(5)6/h7-12H2,1-6H3. The molecule has 0 fully saturated rings. The number of rotatable bonds is 9. The molecule has 0 amide bonds. The van der Waals surface area contributed by atoms with Crippen LogP contribution in [0.4, 0.5) is 0 Å². The maximum absolute atomic E-state index is 4.30. The molecule has 0 unspecified atom stereocenters. The SMILES string of the molecule is CN(C)CCc1nnnc(CCN(C)C)c1CCN(C)C. The molecule has 21 heavy (non-hydrogen) atoms. The Morgan fingerprint density at radius 1 is 0.619 bits per heavy atom. The highest BCUT2D eigenvalue weighted by Crippen LogP contribution is 2.13. The summed E-state index contributed by atoms with van der Waals surface area (Å²) in [6.07, 6.45) is 2.85. The highest BCUT2D eigenvalue weighted by atomic mass is 15.3. The van der Waals surface area contributed by atoms with E-state index >= 15 is 0 Å². The Balaban J connectivity index is 2.90. The van der Waals surface area contributed by atoms with Crippen molar-refractivity contribution in [3.05, 3.63) is 17.0 Å². The summed E-state index contributed by atoms with van der Waals surface area (Å²) in [6.45, 7) is 2.98. The van der Waals surface area contributed by atoms with E-state index in [2.05, 4.69) is 72.4 Å². The third kappa shape index (κ3) is 6.93. The van der Waals surface area contributed by atoms with E-state index in [0.717, 1.165) is 50.3 Å². The van der Waals surface area contributed by atoms with Gasteiger partial charge in [-0.15, -0.1) is 10.2 Å². The molecule has 6 heteroatoms. The molecule has 1 aromatic heterocycles. The van der Waals surface area contributed by atoms with Crippen molar-refractivity contribution < 1.29 is 0 Å². The average Bonchev–Trinajstić information content (AvgIpc) is 2.40. The lowest BCUT2D eigenvalue weighted by atomic mass is 10.0. The lowest BCUT2D eigenvalue weighted by Crippen LogP contribution is -2.23. The second-order valence-corrected chi connectivity index (χ2v) is 6.32. The van der Waals surface area contributed by atoms with Crippen molar-refractivity contribution in [2.24, 2.45) is 0 Å². The summed E-state index contributed by atoms with van der Waals surface area (Å²) in [6, 6.07) is 0. The number of hydrogen-bond donors (Lipinski definition) is 0. The van der Waals surface area contributed by atoms with E-state index < -0.39 is 0 Å². The van der Waals surface area contributed by atoms with Gasteiger partial charge in [0.15, 0.2) is 0 Å². The first-order chi connectivity index (χ1) is 9.90. The van der Waals surface area contributed by atoms with E-state index in [0.29, 0.717) is 0 Å². The van der Waals surface area contributed by atoms with Gasteiger partial charge in [0, 0.05) is 38.0 Å². The first kappa shape index (κ1) is 17.9. The summed E-state index contributed by atoms with van der Waals surface area (Å²) in [5.74, 6) is 0. The van der Waals surface area contributed by atoms with E-state index in [4.69, 9.17) is 0 Å². The van der Waals surface area contributed by atoms with Crippen molar-refractivity contribution in [3.8, 4) is 0 Å². The maximum atomic E-state index is 4.30. The molecule has 0 radical (unpaired) electrons. The van der Waals surface area contributed by atoms with Crippen LogP contribution in [0.5, 0.6) is 0 Å². The van der Waals surface area contributed by atoms with Gasteiger partial charge >= 0.3 is 0 Å². The lowest BCUT2D eigenvalue weighted by Gasteiger charge is -2.17. The molecular formula is C15H30N6. The number of hydrogen-bond acceptors (Lipinski definition) is 6. The van der Waals surface area contributed by atoms with Crippen LogP contribution in [0, 0.1) is 0 Å². The van der Waals surface area contributed by atoms with E-state index in [1.54, 1.807) is 0 Å². The van der Waals surface area contributed by atoms with Crippen molar-refractivity contribution in [1.82, 2.24) is 30.1 Å². The van der Waals surface area contributed by atoms with Gasteiger partial charge in [0.05, 0.1) is 11.4 Å². The van der Waals surface area contributed by atoms with Gasteiger partial charge in [-0.25, -0.2) is 0 Å². The molecule has 0 spiro atoms. The molecule has 0 saturated carbocycles. The summed E-state index contributed by atoms with van der Waals surface area (Å²) in [5.41, 5.74) is 3.51. The number of aromatic nitrogens is 3. The predicted octanol–water partition coefficient (Wildman–Crippen LogP) is 0.184. The third-order valence-corrected chi connectivity index (χ3v) is 3.43. The topological polar surface area (TPSA) is 48.4 Å². The van der Waals surface area contributed by atoms with Crippen LogP contribution in [0.3, 0.4) is 0 Å². The molecule has 0 saturated heterocycles. The molecule has 0 N–H and O–H groups in total. The van der Waals surface area contributed by atoms with Crippen molar-refractivity contribution in [2.75, 3.05) is 61.9 Å². The highest BCUT2D eigenvalue weighted by molar-refractivity contribution is 5.25. The van der Waals surface area contributed by atoms with Gasteiger partial charge in [-0.3, -0.25) is 0 Å². The fourth-order valence-corrected chi connectivity index (χ4v) is 2.10. The number of nitrogens with zero attached hydrogens (tertiary/aromatic N) is 6. The molecule has 0 atom stereocenters. The Hall–Kier alpha value is -1.11. The number of likely N-dealkylation sites (N-methyl/N-ethyl adjacent to an activating group) is 3. The molecule has 1 rings (SSSR count). The minimum Gasteiger partial charge on any atom is -0.309 e. The minimum absolute atomic E-state index is 0.931. The first-order valence-electron chi connectivity index (χ1n) is 7.54. The van der Waals surface area contributed by atoms with Gasteiger partial charge < -0.3 is 14.7 Å². The van der Waals surface area contributed by atoms with Crippen LogP contribution in [0.1, 0.15) is 17.0 Å². The van der Waals surface area contributed by atoms with Crippen LogP contribution < -0.4 is 0 Å². The summed E-state index contributed by atoms with van der Waals surface area (Å²) >= 11 is 0. The predicted molar refractivity (Wildman–Crippen MR) is 86.6 cm³/mol. The molecule has 0 aliphatic rings. The molecule has 0 bridgehead atoms. The molecule has 0 aliphatic heterocycles. The molecule has 1 heterocycles. The van der Waals surface area contributed by atoms with Crippen LogP contribution in [0.25, 0.3) is 0 Å². The Morgan fingerprint density at radius 3 is 1.38 bits per heavy atom. The Bertz CT molecular complexity index is 386. The van der Waals surface area contributed by atoms with Crippen LogP contribution in [-0.2, 0) is 19.3 Å². The Morgan fingerprint density at radius 2 is 1.00 bits per heavy atom. The summed E-state index contributed by atoms with van der Waals surface area (Å²) < 4.78 is 0. The molecule has 6 nitrogen and oxygen atoms in total. The van der Waals surface area contributed by atoms with Gasteiger partial charge in [-0.1, -0.05) is 0 Å². The van der Waals surface area contributed by atoms with E-state index in [-0.39, 0.29) is 0 Å². The van der Waals surface area contributed by atoms with Crippen molar-refractivity contribution >= 4 is 0 Å². The quantitative estimate of drug-likeness (QED) is 0.648. The van der Waals surface area contributed by atoms with E-state index in [1.807, 2.05) is 0 Å². The Labute approximate surface area is 129 Å². The largest absolute Gasteiger partial charge is 0.309 e. The summed E-state index contributed by atoms with van der Waals surface area (Å²) in [4.78, 5) is 6.56. The van der Waals surface area contributed by atoms with Gasteiger partial charge in [-0.2, -0.15) is 0 Å². The molecule has 120 valence electrons. The fraction of sp³-hybridized carbons (Fsp3) is 0.800. The van der Waals surface area contributed by atoms with Gasteiger partial charge in [-0.05, 0) is 53.9 Å². The van der Waals surface area contributed by atoms with Crippen molar-refractivity contribution in [1.29, 1.82) is 0 Å². The first-order valence-corrected chi connectivity index (χ1v) is 7.54. The zero-order chi connectivity index (χ0) is 15.8. The summed E-state index contributed by atoms with van der Waals surface area (Å²) in [5, 5.41) is 12.6. The minimum atomic E-state index is 0.931. The fourth-order valence-electron chi connectivity index (χ4n) is 2.10. The molecule has 1 aromatic rings. The van der Waals surface area contributed by atoms with Crippen LogP contribution in [0.15, 0.2) is 0 Å². The van der Waals surface area contributed by atoms with Crippen molar-refractivity contribution in [2.45, 2.75) is 19.3 Å². The van der Waals surface area contributed by atoms with Gasteiger partial charge in [0.1, 0.15) is 0 Å². The lowest BCUT2D eigenvalue weighted by molar-refractivity contribution is 0.396. The van der Waals surface area contributed by atoms with Crippen molar-refractivity contribution in [3.63, 3.8) is 0 Å². The second kappa shape index (κ2) is 9.02. The van der Waals surface area contributed by atoms with Crippen LogP contribution in [-0.4, -0.2) is 92.0 Å². The van der Waals surface area contributed by atoms with Gasteiger partial charge in [0.2, 0.25) is 0 Å². The van der Waals surface area contributed by atoms with E-state index in [1.165, 1.54) is 5.56 Å². The smallest absolute Gasteiger partial charge is 0.0712 e. The van der Waals surface area contributed by atoms with E-state index in [9.17, 15) is 0 Å². The zero-order valence-corrected chi connectivity index (χ0v) is 14.4. The summed E-state index contributed by atoms with van der Waals surface area (Å²) in [7, 11) is 12.5. The second-order valence-electron chi connectivity index (χ2n) is 6.32. The average molecular weight is 294 g/mol. The monoisotopic (exact) mass is 294 g/mol.